The zero-order chi connectivity index (χ0) is 52.8. The summed E-state index contributed by atoms with van der Waals surface area (Å²) in [5, 5.41) is 36.9. The minimum absolute atomic E-state index is 0. The van der Waals surface area contributed by atoms with E-state index in [0.29, 0.717) is 56.5 Å². The lowest BCUT2D eigenvalue weighted by Gasteiger charge is -2.11. The van der Waals surface area contributed by atoms with E-state index >= 15 is 0 Å². The van der Waals surface area contributed by atoms with Gasteiger partial charge < -0.3 is 38.7 Å². The number of nitrogens with zero attached hydrogens (tertiary/aromatic N) is 11. The van der Waals surface area contributed by atoms with Gasteiger partial charge in [-0.3, -0.25) is 19.7 Å². The molecule has 0 bridgehead atoms. The van der Waals surface area contributed by atoms with Crippen molar-refractivity contribution in [2.45, 2.75) is 89.1 Å². The fourth-order valence-electron chi connectivity index (χ4n) is 5.39. The number of aryl methyl sites for hydroxylation is 3. The quantitative estimate of drug-likeness (QED) is 0.0118. The Bertz CT molecular complexity index is 2800. The number of Topliss-reactive ketones (excluding diaryl/α,β-unsaturated/α-hetero) is 2. The molecule has 0 saturated heterocycles. The van der Waals surface area contributed by atoms with Crippen molar-refractivity contribution in [1.82, 2.24) is 15.5 Å². The molecule has 0 aliphatic carbocycles. The molecule has 394 valence electrons. The molecule has 3 heterocycles. The summed E-state index contributed by atoms with van der Waals surface area (Å²) in [5.74, 6) is -0.369. The van der Waals surface area contributed by atoms with Gasteiger partial charge in [0, 0.05) is 59.3 Å². The number of carboxylic acid groups (broad SMARTS) is 1. The van der Waals surface area contributed by atoms with Gasteiger partial charge in [0.2, 0.25) is 0 Å². The van der Waals surface area contributed by atoms with Crippen LogP contribution in [0.15, 0.2) is 102 Å². The first-order valence-corrected chi connectivity index (χ1v) is 23.9. The van der Waals surface area contributed by atoms with Crippen LogP contribution in [0.1, 0.15) is 91.4 Å². The number of non-ortho nitro benzene ring substituents is 1. The third-order valence-electron chi connectivity index (χ3n) is 8.40. The van der Waals surface area contributed by atoms with Gasteiger partial charge in [0.05, 0.1) is 16.1 Å². The summed E-state index contributed by atoms with van der Waals surface area (Å²) in [6.45, 7) is 16.0. The SMILES string of the molecule is C.C.C.CC(C)(C)ON=O.COCC(=O)c1c(-c2ccc(N)cc2)noc1C.COCC(=O)c1c(-c2ccc([N+](=O)[O-])cc2)noc1C.C[Si](C)(C)N=[N+]=[N-].Cc1onc(-c2ccc(N=[N+]=[N-])cc2)c1C(=O)O. The number of aromatic carboxylic acids is 1. The summed E-state index contributed by atoms with van der Waals surface area (Å²) in [7, 11) is 1.45. The van der Waals surface area contributed by atoms with Gasteiger partial charge in [-0.15, -0.1) is 9.69 Å². The number of anilines is 1. The highest BCUT2D eigenvalue weighted by atomic mass is 28.3. The van der Waals surface area contributed by atoms with Crippen LogP contribution in [0.25, 0.3) is 54.7 Å². The zero-order valence-corrected chi connectivity index (χ0v) is 41.2. The second-order valence-corrected chi connectivity index (χ2v) is 20.7. The lowest BCUT2D eigenvalue weighted by molar-refractivity contribution is -0.384. The molecule has 73 heavy (non-hydrogen) atoms. The van der Waals surface area contributed by atoms with E-state index < -0.39 is 24.7 Å². The third-order valence-corrected chi connectivity index (χ3v) is 9.09. The summed E-state index contributed by atoms with van der Waals surface area (Å²) in [4.78, 5) is 64.1. The number of hydrogen-bond donors (Lipinski definition) is 2. The van der Waals surface area contributed by atoms with Crippen LogP contribution in [0.5, 0.6) is 0 Å². The number of nitrogen functional groups attached to an aromatic ring is 1. The Morgan fingerprint density at radius 1 is 0.712 bits per heavy atom. The number of ether oxygens (including phenoxy) is 2. The van der Waals surface area contributed by atoms with E-state index in [0.717, 1.165) is 5.56 Å². The van der Waals surface area contributed by atoms with E-state index in [1.54, 1.807) is 83.1 Å². The van der Waals surface area contributed by atoms with Gasteiger partial charge in [-0.25, -0.2) is 4.79 Å². The normalized spacial score (nSPS) is 9.90. The first kappa shape index (κ1) is 66.5. The Kier molecular flexibility index (Phi) is 28.8. The number of rotatable bonds is 14. The molecule has 0 aliphatic heterocycles. The van der Waals surface area contributed by atoms with Gasteiger partial charge in [0.1, 0.15) is 67.0 Å². The van der Waals surface area contributed by atoms with Crippen molar-refractivity contribution in [3.8, 4) is 33.8 Å². The topological polar surface area (TPSA) is 373 Å². The van der Waals surface area contributed by atoms with Crippen LogP contribution in [0.2, 0.25) is 19.6 Å². The molecule has 3 N–H and O–H groups in total. The number of carboxylic acids is 1. The maximum atomic E-state index is 12.0. The van der Waals surface area contributed by atoms with Crippen LogP contribution in [0.4, 0.5) is 17.1 Å². The molecule has 0 amide bonds. The molecule has 0 aliphatic rings. The maximum Gasteiger partial charge on any atom is 0.341 e. The molecule has 3 aromatic heterocycles. The van der Waals surface area contributed by atoms with E-state index in [1.165, 1.54) is 45.4 Å². The molecule has 25 nitrogen and oxygen atoms in total. The van der Waals surface area contributed by atoms with Gasteiger partial charge in [0.25, 0.3) is 5.69 Å². The van der Waals surface area contributed by atoms with E-state index in [2.05, 4.69) is 45.4 Å². The first-order valence-electron chi connectivity index (χ1n) is 20.4. The fourth-order valence-corrected chi connectivity index (χ4v) is 5.66. The maximum absolute atomic E-state index is 12.0. The van der Waals surface area contributed by atoms with E-state index in [4.69, 9.17) is 44.9 Å². The third kappa shape index (κ3) is 21.6. The monoisotopic (exact) mass is 1030 g/mol. The van der Waals surface area contributed by atoms with Crippen molar-refractivity contribution in [1.29, 1.82) is 0 Å². The molecule has 3 aromatic carbocycles. The summed E-state index contributed by atoms with van der Waals surface area (Å²) >= 11 is 0. The van der Waals surface area contributed by atoms with Crippen LogP contribution in [-0.2, 0) is 14.3 Å². The number of ketones is 2. The Hall–Kier alpha value is -8.54. The average Bonchev–Trinajstić information content (AvgIpc) is 4.00. The number of hydrogen-bond acceptors (Lipinski definition) is 19. The molecule has 0 unspecified atom stereocenters. The zero-order valence-electron chi connectivity index (χ0n) is 40.2. The number of carbonyl (C=O) groups is 3. The van der Waals surface area contributed by atoms with Crippen molar-refractivity contribution < 1.29 is 52.3 Å². The number of nitro groups is 1. The van der Waals surface area contributed by atoms with Crippen LogP contribution >= 0.6 is 0 Å². The minimum Gasteiger partial charge on any atom is -0.477 e. The van der Waals surface area contributed by atoms with E-state index in [1.807, 2.05) is 19.6 Å². The van der Waals surface area contributed by atoms with Gasteiger partial charge in [0.15, 0.2) is 16.9 Å². The van der Waals surface area contributed by atoms with Crippen molar-refractivity contribution in [3.05, 3.63) is 143 Å². The van der Waals surface area contributed by atoms with Crippen LogP contribution in [-0.4, -0.2) is 84.3 Å². The number of aromatic nitrogens is 3. The molecular formula is C47H64N12O13Si. The summed E-state index contributed by atoms with van der Waals surface area (Å²) < 4.78 is 28.2. The highest BCUT2D eigenvalue weighted by molar-refractivity contribution is 6.74. The van der Waals surface area contributed by atoms with Crippen molar-refractivity contribution >= 4 is 42.8 Å². The van der Waals surface area contributed by atoms with Gasteiger partial charge in [-0.05, 0) is 81.8 Å². The largest absolute Gasteiger partial charge is 0.477 e. The molecule has 6 rings (SSSR count). The highest BCUT2D eigenvalue weighted by Crippen LogP contribution is 2.29. The Morgan fingerprint density at radius 3 is 1.37 bits per heavy atom. The molecule has 0 radical (unpaired) electrons. The van der Waals surface area contributed by atoms with E-state index in [9.17, 15) is 29.4 Å². The predicted octanol–water partition coefficient (Wildman–Crippen LogP) is 13.3. The number of azide groups is 2. The number of nitro benzene ring substituents is 1. The Labute approximate surface area is 423 Å². The number of benzene rings is 3. The Balaban J connectivity index is 0. The fraction of sp³-hybridized carbons (Fsp3) is 0.362. The number of methoxy groups -OCH3 is 2. The van der Waals surface area contributed by atoms with Crippen molar-refractivity contribution in [2.24, 2.45) is 15.2 Å². The second-order valence-electron chi connectivity index (χ2n) is 16.2. The second kappa shape index (κ2) is 31.6. The Morgan fingerprint density at radius 2 is 1.08 bits per heavy atom. The minimum atomic E-state index is -1.45. The van der Waals surface area contributed by atoms with Gasteiger partial charge in [-0.1, -0.05) is 98.9 Å². The molecule has 6 aromatic rings. The molecular weight excluding hydrogens is 969 g/mol. The van der Waals surface area contributed by atoms with Crippen molar-refractivity contribution in [3.63, 3.8) is 0 Å². The van der Waals surface area contributed by atoms with Gasteiger partial charge in [-0.2, -0.15) is 0 Å². The predicted molar refractivity (Wildman–Crippen MR) is 279 cm³/mol. The smallest absolute Gasteiger partial charge is 0.341 e. The van der Waals surface area contributed by atoms with Gasteiger partial charge >= 0.3 is 5.97 Å². The molecule has 0 atom stereocenters. The lowest BCUT2D eigenvalue weighted by atomic mass is 10.0. The number of nitrogens with two attached hydrogens (primary N) is 1. The molecule has 0 saturated carbocycles. The number of carbonyl (C=O) groups excluding carboxylic acids is 2. The molecule has 26 heteroatoms. The van der Waals surface area contributed by atoms with Crippen molar-refractivity contribution in [2.75, 3.05) is 33.2 Å². The first-order chi connectivity index (χ1) is 32.9. The lowest BCUT2D eigenvalue weighted by Crippen LogP contribution is -2.14. The van der Waals surface area contributed by atoms with E-state index in [-0.39, 0.29) is 69.8 Å². The molecule has 0 fully saturated rings. The molecule has 0 spiro atoms. The summed E-state index contributed by atoms with van der Waals surface area (Å²) in [5.41, 5.74) is 26.4. The van der Waals surface area contributed by atoms with Crippen LogP contribution in [0.3, 0.4) is 0 Å². The summed E-state index contributed by atoms with van der Waals surface area (Å²) in [6.07, 6.45) is 0. The average molecular weight is 1030 g/mol. The standard InChI is InChI=1S/C13H12N2O5.C13H14N2O3.C11H8N4O3.C4H9NO2.C3H9N3Si.3CH4/c1-8-12(11(16)7-19-2)13(14-20-8)9-3-5-10(6-4-9)15(17)18;1-8-12(11(16)7-17-2)13(15-18-8)9-3-5-10(14)6-4-9;1-6-9(11(16)17)10(14-18-6)7-2-4-8(5-3-7)13-15-12;1-4(2,3)7-5-6;1-7(2,3)6-5-4;;;/h3-6H,7H2,1-2H3;3-6H,7,14H2,1-2H3;2-5H,1H3,(H,16,17);2*1-3H3;3*1H4. The van der Waals surface area contributed by atoms with Crippen LogP contribution in [0, 0.1) is 35.8 Å². The highest BCUT2D eigenvalue weighted by Gasteiger charge is 2.24. The van der Waals surface area contributed by atoms with Crippen LogP contribution < -0.4 is 5.73 Å². The summed E-state index contributed by atoms with van der Waals surface area (Å²) in [6, 6.07) is 19.3.